The molecule has 3 amide bonds. The van der Waals surface area contributed by atoms with E-state index < -0.39 is 24.3 Å². The van der Waals surface area contributed by atoms with Gasteiger partial charge in [0.15, 0.2) is 0 Å². The zero-order valence-corrected chi connectivity index (χ0v) is 20.4. The summed E-state index contributed by atoms with van der Waals surface area (Å²) in [6.07, 6.45) is -0.145. The Morgan fingerprint density at radius 2 is 1.71 bits per heavy atom. The summed E-state index contributed by atoms with van der Waals surface area (Å²) >= 11 is 0. The molecule has 188 valence electrons. The van der Waals surface area contributed by atoms with Gasteiger partial charge in [-0.05, 0) is 36.3 Å². The van der Waals surface area contributed by atoms with Crippen molar-refractivity contribution in [1.29, 1.82) is 0 Å². The fourth-order valence-electron chi connectivity index (χ4n) is 3.68. The minimum atomic E-state index is -1.11. The van der Waals surface area contributed by atoms with Gasteiger partial charge in [-0.25, -0.2) is 19.5 Å². The third kappa shape index (κ3) is 8.40. The predicted octanol–water partition coefficient (Wildman–Crippen LogP) is 4.17. The Morgan fingerprint density at radius 1 is 1.06 bits per heavy atom. The van der Waals surface area contributed by atoms with Gasteiger partial charge in [0.05, 0.1) is 12.6 Å². The minimum Gasteiger partial charge on any atom is -0.477 e. The van der Waals surface area contributed by atoms with Crippen molar-refractivity contribution >= 4 is 18.0 Å². The van der Waals surface area contributed by atoms with Gasteiger partial charge in [-0.1, -0.05) is 74.5 Å². The zero-order valence-electron chi connectivity index (χ0n) is 20.4. The number of benzene rings is 2. The molecule has 2 atom stereocenters. The van der Waals surface area contributed by atoms with Gasteiger partial charge >= 0.3 is 12.1 Å². The molecule has 0 saturated heterocycles. The fraction of sp³-hybridized carbons (Fsp3) is 0.444. The van der Waals surface area contributed by atoms with E-state index in [1.807, 2.05) is 74.5 Å². The minimum absolute atomic E-state index is 0.0653. The molecule has 0 fully saturated rings. The van der Waals surface area contributed by atoms with Gasteiger partial charge < -0.3 is 19.9 Å². The standard InChI is InChI=1S/C27H35N3O5/c1-20(2)15-17-30(27(33)35-19-22-11-7-4-8-12-22)26(32)29-23(24(31)25-28-16-18-34-25)14-13-21-9-5-3-6-10-21/h3-12,20,23-24,31H,13-19H2,1-2H3,(H,29,32)/t23-,24?/m0/s1. The SMILES string of the molecule is CC(C)CCN(C(=O)N[C@@H](CCc1ccccc1)C(O)C1=NCCO1)C(=O)OCc1ccccc1. The molecule has 1 unspecified atom stereocenters. The van der Waals surface area contributed by atoms with E-state index in [1.165, 1.54) is 0 Å². The van der Waals surface area contributed by atoms with Crippen molar-refractivity contribution in [2.75, 3.05) is 19.7 Å². The number of carbonyl (C=O) groups is 2. The number of hydrogen-bond donors (Lipinski definition) is 2. The van der Waals surface area contributed by atoms with E-state index in [4.69, 9.17) is 9.47 Å². The number of aliphatic hydroxyl groups is 1. The maximum Gasteiger partial charge on any atom is 0.418 e. The number of amides is 3. The Labute approximate surface area is 207 Å². The lowest BCUT2D eigenvalue weighted by atomic mass is 10.0. The first-order chi connectivity index (χ1) is 16.9. The number of aliphatic imine (C=N–C) groups is 1. The molecule has 1 aliphatic rings. The molecule has 2 N–H and O–H groups in total. The summed E-state index contributed by atoms with van der Waals surface area (Å²) in [6.45, 7) is 5.18. The molecule has 8 nitrogen and oxygen atoms in total. The number of aryl methyl sites for hydroxylation is 1. The van der Waals surface area contributed by atoms with Gasteiger partial charge in [-0.3, -0.25) is 0 Å². The van der Waals surface area contributed by atoms with E-state index in [2.05, 4.69) is 10.3 Å². The molecule has 1 aliphatic heterocycles. The van der Waals surface area contributed by atoms with Crippen LogP contribution in [-0.4, -0.2) is 59.9 Å². The van der Waals surface area contributed by atoms with E-state index >= 15 is 0 Å². The number of hydrogen-bond acceptors (Lipinski definition) is 6. The lowest BCUT2D eigenvalue weighted by Gasteiger charge is -2.28. The van der Waals surface area contributed by atoms with E-state index in [0.717, 1.165) is 16.0 Å². The van der Waals surface area contributed by atoms with E-state index in [-0.39, 0.29) is 25.0 Å². The van der Waals surface area contributed by atoms with Gasteiger partial charge in [-0.2, -0.15) is 0 Å². The van der Waals surface area contributed by atoms with Crippen LogP contribution in [0.25, 0.3) is 0 Å². The molecule has 0 saturated carbocycles. The third-order valence-electron chi connectivity index (χ3n) is 5.74. The van der Waals surface area contributed by atoms with E-state index in [9.17, 15) is 14.7 Å². The fourth-order valence-corrected chi connectivity index (χ4v) is 3.68. The number of aliphatic hydroxyl groups excluding tert-OH is 1. The van der Waals surface area contributed by atoms with Crippen LogP contribution in [0.4, 0.5) is 9.59 Å². The highest BCUT2D eigenvalue weighted by Gasteiger charge is 2.32. The Hall–Kier alpha value is -3.39. The van der Waals surface area contributed by atoms with Crippen molar-refractivity contribution in [3.8, 4) is 0 Å². The van der Waals surface area contributed by atoms with E-state index in [0.29, 0.717) is 32.4 Å². The van der Waals surface area contributed by atoms with Gasteiger partial charge in [-0.15, -0.1) is 0 Å². The van der Waals surface area contributed by atoms with Crippen molar-refractivity contribution in [3.05, 3.63) is 71.8 Å². The van der Waals surface area contributed by atoms with Crippen LogP contribution in [0.15, 0.2) is 65.7 Å². The second-order valence-electron chi connectivity index (χ2n) is 8.97. The number of urea groups is 1. The molecule has 0 spiro atoms. The van der Waals surface area contributed by atoms with Crippen LogP contribution >= 0.6 is 0 Å². The number of imide groups is 1. The Morgan fingerprint density at radius 3 is 2.31 bits per heavy atom. The highest BCUT2D eigenvalue weighted by molar-refractivity contribution is 5.91. The molecular formula is C27H35N3O5. The summed E-state index contributed by atoms with van der Waals surface area (Å²) < 4.78 is 10.9. The largest absolute Gasteiger partial charge is 0.477 e. The lowest BCUT2D eigenvalue weighted by Crippen LogP contribution is -2.53. The normalized spacial score (nSPS) is 14.6. The van der Waals surface area contributed by atoms with Crippen LogP contribution in [0.3, 0.4) is 0 Å². The van der Waals surface area contributed by atoms with Crippen molar-refractivity contribution < 1.29 is 24.2 Å². The summed E-state index contributed by atoms with van der Waals surface area (Å²) in [5.74, 6) is 0.497. The molecule has 0 aromatic heterocycles. The summed E-state index contributed by atoms with van der Waals surface area (Å²) in [4.78, 5) is 31.4. The Bertz CT molecular complexity index is 965. The van der Waals surface area contributed by atoms with Gasteiger partial charge in [0, 0.05) is 6.54 Å². The smallest absolute Gasteiger partial charge is 0.418 e. The van der Waals surface area contributed by atoms with Gasteiger partial charge in [0.2, 0.25) is 5.90 Å². The third-order valence-corrected chi connectivity index (χ3v) is 5.74. The molecule has 0 aliphatic carbocycles. The first-order valence-corrected chi connectivity index (χ1v) is 12.1. The van der Waals surface area contributed by atoms with Crippen LogP contribution in [-0.2, 0) is 22.5 Å². The molecule has 0 bridgehead atoms. The first kappa shape index (κ1) is 26.2. The maximum absolute atomic E-state index is 13.3. The lowest BCUT2D eigenvalue weighted by molar-refractivity contribution is 0.0980. The average Bonchev–Trinajstić information content (AvgIpc) is 3.41. The van der Waals surface area contributed by atoms with Gasteiger partial charge in [0.25, 0.3) is 0 Å². The van der Waals surface area contributed by atoms with Crippen molar-refractivity contribution in [2.45, 2.75) is 51.9 Å². The Balaban J connectivity index is 1.70. The number of nitrogens with one attached hydrogen (secondary N) is 1. The van der Waals surface area contributed by atoms with Crippen molar-refractivity contribution in [2.24, 2.45) is 10.9 Å². The zero-order chi connectivity index (χ0) is 25.0. The van der Waals surface area contributed by atoms with Crippen molar-refractivity contribution in [1.82, 2.24) is 10.2 Å². The number of rotatable bonds is 11. The summed E-state index contributed by atoms with van der Waals surface area (Å²) in [7, 11) is 0. The Kier molecular flexibility index (Phi) is 10.1. The molecule has 1 heterocycles. The maximum atomic E-state index is 13.3. The van der Waals surface area contributed by atoms with Crippen LogP contribution in [0.1, 0.15) is 37.8 Å². The average molecular weight is 482 g/mol. The molecule has 2 aromatic carbocycles. The predicted molar refractivity (Wildman–Crippen MR) is 134 cm³/mol. The first-order valence-electron chi connectivity index (χ1n) is 12.1. The molecule has 3 rings (SSSR count). The van der Waals surface area contributed by atoms with Crippen LogP contribution < -0.4 is 5.32 Å². The molecular weight excluding hydrogens is 446 g/mol. The summed E-state index contributed by atoms with van der Waals surface area (Å²) in [5.41, 5.74) is 1.91. The topological polar surface area (TPSA) is 100 Å². The van der Waals surface area contributed by atoms with E-state index in [1.54, 1.807) is 0 Å². The second kappa shape index (κ2) is 13.5. The highest BCUT2D eigenvalue weighted by atomic mass is 16.6. The quantitative estimate of drug-likeness (QED) is 0.502. The van der Waals surface area contributed by atoms with Crippen molar-refractivity contribution in [3.63, 3.8) is 0 Å². The number of carbonyl (C=O) groups excluding carboxylic acids is 2. The van der Waals surface area contributed by atoms with Crippen LogP contribution in [0.2, 0.25) is 0 Å². The molecule has 8 heteroatoms. The van der Waals surface area contributed by atoms with Crippen LogP contribution in [0.5, 0.6) is 0 Å². The summed E-state index contributed by atoms with van der Waals surface area (Å²) in [6, 6.07) is 17.8. The molecule has 35 heavy (non-hydrogen) atoms. The molecule has 2 aromatic rings. The monoisotopic (exact) mass is 481 g/mol. The second-order valence-corrected chi connectivity index (χ2v) is 8.97. The van der Waals surface area contributed by atoms with Crippen LogP contribution in [0, 0.1) is 5.92 Å². The summed E-state index contributed by atoms with van der Waals surface area (Å²) in [5, 5.41) is 13.8. The molecule has 0 radical (unpaired) electrons. The number of nitrogens with zero attached hydrogens (tertiary/aromatic N) is 2. The van der Waals surface area contributed by atoms with Gasteiger partial charge in [0.1, 0.15) is 19.3 Å². The number of ether oxygens (including phenoxy) is 2. The highest BCUT2D eigenvalue weighted by Crippen LogP contribution is 2.14.